The van der Waals surface area contributed by atoms with Gasteiger partial charge in [-0.15, -0.1) is 0 Å². The Bertz CT molecular complexity index is 1180. The number of aromatic amines is 1. The van der Waals surface area contributed by atoms with E-state index in [1.807, 2.05) is 34.9 Å². The molecular weight excluding hydrogens is 458 g/mol. The molecule has 2 atom stereocenters. The van der Waals surface area contributed by atoms with Crippen molar-refractivity contribution in [2.45, 2.75) is 46.3 Å². The van der Waals surface area contributed by atoms with Gasteiger partial charge in [0.05, 0.1) is 7.11 Å². The summed E-state index contributed by atoms with van der Waals surface area (Å²) in [6, 6.07) is 16.0. The zero-order valence-electron chi connectivity index (χ0n) is 20.8. The van der Waals surface area contributed by atoms with Crippen LogP contribution < -0.4 is 10.1 Å². The molecule has 2 N–H and O–H groups in total. The van der Waals surface area contributed by atoms with Gasteiger partial charge in [-0.2, -0.15) is 5.10 Å². The normalized spacial score (nSPS) is 18.4. The second-order valence-electron chi connectivity index (χ2n) is 9.67. The highest BCUT2D eigenvalue weighted by atomic mass is 32.1. The molecule has 186 valence electrons. The van der Waals surface area contributed by atoms with Gasteiger partial charge in [-0.25, -0.2) is 0 Å². The number of H-pyrrole nitrogens is 1. The third kappa shape index (κ3) is 6.58. The summed E-state index contributed by atoms with van der Waals surface area (Å²) in [6.07, 6.45) is 1.62. The Balaban J connectivity index is 1.34. The number of nitrogens with one attached hydrogen (secondary N) is 2. The molecule has 2 heterocycles. The number of nitrogens with zero attached hydrogens (tertiary/aromatic N) is 3. The van der Waals surface area contributed by atoms with E-state index in [2.05, 4.69) is 52.5 Å². The van der Waals surface area contributed by atoms with Crippen LogP contribution in [-0.4, -0.2) is 45.8 Å². The fraction of sp³-hybridized carbons (Fsp3) is 0.444. The fourth-order valence-electron chi connectivity index (χ4n) is 5.03. The van der Waals surface area contributed by atoms with E-state index in [9.17, 15) is 4.79 Å². The fourth-order valence-corrected chi connectivity index (χ4v) is 5.25. The third-order valence-corrected chi connectivity index (χ3v) is 6.91. The smallest absolute Gasteiger partial charge is 0.222 e. The van der Waals surface area contributed by atoms with Gasteiger partial charge < -0.3 is 10.1 Å². The molecule has 1 fully saturated rings. The van der Waals surface area contributed by atoms with Crippen LogP contribution >= 0.6 is 12.2 Å². The van der Waals surface area contributed by atoms with Crippen molar-refractivity contribution in [3.05, 3.63) is 64.4 Å². The molecule has 0 radical (unpaired) electrons. The molecule has 0 aliphatic carbocycles. The highest BCUT2D eigenvalue weighted by Crippen LogP contribution is 2.24. The molecule has 0 spiro atoms. The van der Waals surface area contributed by atoms with Crippen molar-refractivity contribution in [2.24, 2.45) is 11.8 Å². The number of aromatic nitrogens is 3. The summed E-state index contributed by atoms with van der Waals surface area (Å²) in [6.45, 7) is 8.84. The lowest BCUT2D eigenvalue weighted by Gasteiger charge is -2.35. The molecule has 1 aromatic heterocycles. The summed E-state index contributed by atoms with van der Waals surface area (Å²) in [7, 11) is 1.64. The van der Waals surface area contributed by atoms with Crippen LogP contribution in [0, 0.1) is 16.6 Å². The van der Waals surface area contributed by atoms with E-state index < -0.39 is 0 Å². The predicted molar refractivity (Wildman–Crippen MR) is 141 cm³/mol. The minimum atomic E-state index is -0.0104. The van der Waals surface area contributed by atoms with Crippen molar-refractivity contribution in [3.63, 3.8) is 0 Å². The summed E-state index contributed by atoms with van der Waals surface area (Å²) in [5, 5.41) is 10.3. The largest absolute Gasteiger partial charge is 0.497 e. The zero-order valence-corrected chi connectivity index (χ0v) is 21.6. The second-order valence-corrected chi connectivity index (χ2v) is 10.1. The molecule has 7 nitrogen and oxygen atoms in total. The first kappa shape index (κ1) is 25.1. The molecule has 1 aliphatic heterocycles. The SMILES string of the molecule is COc1ccc(-c2n[nH]c(=S)n2CCC(=O)NCc2ccccc2CN2CC(C)CC(C)C2)cc1. The molecule has 35 heavy (non-hydrogen) atoms. The van der Waals surface area contributed by atoms with Gasteiger partial charge in [0.1, 0.15) is 5.75 Å². The number of hydrogen-bond donors (Lipinski definition) is 2. The van der Waals surface area contributed by atoms with Crippen molar-refractivity contribution in [2.75, 3.05) is 20.2 Å². The Morgan fingerprint density at radius 3 is 2.49 bits per heavy atom. The average Bonchev–Trinajstić information content (AvgIpc) is 3.21. The Morgan fingerprint density at radius 1 is 1.11 bits per heavy atom. The number of carbonyl (C=O) groups is 1. The molecule has 0 bridgehead atoms. The first-order chi connectivity index (χ1) is 16.9. The Hall–Kier alpha value is -2.97. The molecule has 0 saturated carbocycles. The van der Waals surface area contributed by atoms with Crippen molar-refractivity contribution in [1.82, 2.24) is 25.0 Å². The van der Waals surface area contributed by atoms with E-state index in [1.165, 1.54) is 17.5 Å². The molecule has 1 saturated heterocycles. The maximum atomic E-state index is 12.7. The van der Waals surface area contributed by atoms with Crippen molar-refractivity contribution in [3.8, 4) is 17.1 Å². The van der Waals surface area contributed by atoms with Crippen LogP contribution in [0.15, 0.2) is 48.5 Å². The van der Waals surface area contributed by atoms with Crippen LogP contribution in [0.4, 0.5) is 0 Å². The van der Waals surface area contributed by atoms with Crippen LogP contribution in [0.1, 0.15) is 37.8 Å². The van der Waals surface area contributed by atoms with E-state index in [1.54, 1.807) is 7.11 Å². The quantitative estimate of drug-likeness (QED) is 0.419. The number of likely N-dealkylation sites (tertiary alicyclic amines) is 1. The van der Waals surface area contributed by atoms with E-state index in [0.29, 0.717) is 30.1 Å². The summed E-state index contributed by atoms with van der Waals surface area (Å²) >= 11 is 5.41. The molecule has 1 amide bonds. The number of rotatable bonds is 9. The molecule has 1 aliphatic rings. The van der Waals surface area contributed by atoms with Crippen molar-refractivity contribution < 1.29 is 9.53 Å². The molecular formula is C27H35N5O2S. The standard InChI is InChI=1S/C27H35N5O2S/c1-19-14-20(2)17-31(16-19)18-23-7-5-4-6-22(23)15-28-25(33)12-13-32-26(29-30-27(32)35)21-8-10-24(34-3)11-9-21/h4-11,19-20H,12-18H2,1-3H3,(H,28,33)(H,30,35). The Kier molecular flexibility index (Phi) is 8.36. The van der Waals surface area contributed by atoms with Crippen molar-refractivity contribution in [1.29, 1.82) is 0 Å². The highest BCUT2D eigenvalue weighted by Gasteiger charge is 2.22. The van der Waals surface area contributed by atoms with Gasteiger partial charge in [0.15, 0.2) is 10.6 Å². The van der Waals surface area contributed by atoms with Gasteiger partial charge in [-0.1, -0.05) is 38.1 Å². The van der Waals surface area contributed by atoms with Crippen LogP contribution in [0.3, 0.4) is 0 Å². The van der Waals surface area contributed by atoms with Crippen LogP contribution in [-0.2, 0) is 24.4 Å². The number of hydrogen-bond acceptors (Lipinski definition) is 5. The Labute approximate surface area is 212 Å². The van der Waals surface area contributed by atoms with Gasteiger partial charge in [0, 0.05) is 44.7 Å². The van der Waals surface area contributed by atoms with Crippen LogP contribution in [0.25, 0.3) is 11.4 Å². The number of amides is 1. The monoisotopic (exact) mass is 493 g/mol. The van der Waals surface area contributed by atoms with Gasteiger partial charge in [0.25, 0.3) is 0 Å². The van der Waals surface area contributed by atoms with Crippen LogP contribution in [0.2, 0.25) is 0 Å². The number of carbonyl (C=O) groups excluding carboxylic acids is 1. The molecule has 2 aromatic carbocycles. The minimum absolute atomic E-state index is 0.0104. The lowest BCUT2D eigenvalue weighted by Crippen LogP contribution is -2.38. The van der Waals surface area contributed by atoms with E-state index >= 15 is 0 Å². The zero-order chi connectivity index (χ0) is 24.8. The predicted octanol–water partition coefficient (Wildman–Crippen LogP) is 4.80. The van der Waals surface area contributed by atoms with E-state index in [0.717, 1.165) is 42.8 Å². The van der Waals surface area contributed by atoms with Gasteiger partial charge >= 0.3 is 0 Å². The first-order valence-electron chi connectivity index (χ1n) is 12.3. The summed E-state index contributed by atoms with van der Waals surface area (Å²) in [4.78, 5) is 15.3. The highest BCUT2D eigenvalue weighted by molar-refractivity contribution is 7.71. The topological polar surface area (TPSA) is 75.2 Å². The van der Waals surface area contributed by atoms with Crippen molar-refractivity contribution >= 4 is 18.1 Å². The molecule has 4 rings (SSSR count). The molecule has 8 heteroatoms. The lowest BCUT2D eigenvalue weighted by atomic mass is 9.91. The number of methoxy groups -OCH3 is 1. The van der Waals surface area contributed by atoms with Gasteiger partial charge in [-0.05, 0) is 65.9 Å². The maximum absolute atomic E-state index is 12.7. The third-order valence-electron chi connectivity index (χ3n) is 6.60. The van der Waals surface area contributed by atoms with E-state index in [-0.39, 0.29) is 5.91 Å². The number of benzene rings is 2. The summed E-state index contributed by atoms with van der Waals surface area (Å²) < 4.78 is 7.60. The molecule has 2 unspecified atom stereocenters. The lowest BCUT2D eigenvalue weighted by molar-refractivity contribution is -0.121. The molecule has 3 aromatic rings. The Morgan fingerprint density at radius 2 is 1.80 bits per heavy atom. The maximum Gasteiger partial charge on any atom is 0.222 e. The second kappa shape index (κ2) is 11.6. The first-order valence-corrected chi connectivity index (χ1v) is 12.7. The number of piperidine rings is 1. The van der Waals surface area contributed by atoms with Gasteiger partial charge in [0.2, 0.25) is 5.91 Å². The minimum Gasteiger partial charge on any atom is -0.497 e. The van der Waals surface area contributed by atoms with Crippen LogP contribution in [0.5, 0.6) is 5.75 Å². The van der Waals surface area contributed by atoms with Gasteiger partial charge in [-0.3, -0.25) is 19.4 Å². The summed E-state index contributed by atoms with van der Waals surface area (Å²) in [5.74, 6) is 2.93. The summed E-state index contributed by atoms with van der Waals surface area (Å²) in [5.41, 5.74) is 3.37. The van der Waals surface area contributed by atoms with E-state index in [4.69, 9.17) is 17.0 Å². The average molecular weight is 494 g/mol. The number of ether oxygens (including phenoxy) is 1.